The molecular weight excluding hydrogens is 392 g/mol. The van der Waals surface area contributed by atoms with E-state index in [0.717, 1.165) is 55.3 Å². The molecular formula is C21H25ClN4O3. The standard InChI is InChI=1S/C21H25ClN4O3/c1-28-19-13-20(29-2)17(22)12-16(19)18-14-26-4-3-15(11-21(26)23-18)25-7-5-24(6-8-25)9-10-27/h3-4,11-14,27H,5-10H2,1-2H3. The van der Waals surface area contributed by atoms with Gasteiger partial charge >= 0.3 is 0 Å². The average molecular weight is 417 g/mol. The number of ether oxygens (including phenoxy) is 2. The lowest BCUT2D eigenvalue weighted by molar-refractivity contribution is 0.189. The van der Waals surface area contributed by atoms with Crippen LogP contribution in [0.4, 0.5) is 5.69 Å². The van der Waals surface area contributed by atoms with Gasteiger partial charge < -0.3 is 23.9 Å². The second kappa shape index (κ2) is 8.49. The highest BCUT2D eigenvalue weighted by molar-refractivity contribution is 6.32. The molecule has 1 aliphatic heterocycles. The van der Waals surface area contributed by atoms with Crippen molar-refractivity contribution in [3.8, 4) is 22.8 Å². The number of imidazole rings is 1. The number of hydrogen-bond acceptors (Lipinski definition) is 6. The minimum absolute atomic E-state index is 0.210. The molecule has 0 radical (unpaired) electrons. The third-order valence-electron chi connectivity index (χ3n) is 5.35. The quantitative estimate of drug-likeness (QED) is 0.666. The van der Waals surface area contributed by atoms with E-state index in [4.69, 9.17) is 31.2 Å². The monoisotopic (exact) mass is 416 g/mol. The number of fused-ring (bicyclic) bond motifs is 1. The van der Waals surface area contributed by atoms with E-state index < -0.39 is 0 Å². The Hall–Kier alpha value is -2.48. The van der Waals surface area contributed by atoms with Gasteiger partial charge in [-0.3, -0.25) is 4.90 Å². The van der Waals surface area contributed by atoms with Gasteiger partial charge in [0.25, 0.3) is 0 Å². The maximum Gasteiger partial charge on any atom is 0.141 e. The Balaban J connectivity index is 1.62. The summed E-state index contributed by atoms with van der Waals surface area (Å²) in [6, 6.07) is 7.81. The number of piperazine rings is 1. The first-order valence-corrected chi connectivity index (χ1v) is 9.99. The van der Waals surface area contributed by atoms with E-state index in [1.807, 2.05) is 22.9 Å². The van der Waals surface area contributed by atoms with E-state index in [1.165, 1.54) is 0 Å². The Morgan fingerprint density at radius 2 is 1.83 bits per heavy atom. The summed E-state index contributed by atoms with van der Waals surface area (Å²) in [7, 11) is 3.20. The van der Waals surface area contributed by atoms with Gasteiger partial charge in [-0.15, -0.1) is 0 Å². The fourth-order valence-electron chi connectivity index (χ4n) is 3.73. The maximum absolute atomic E-state index is 9.11. The summed E-state index contributed by atoms with van der Waals surface area (Å²) in [5, 5.41) is 9.62. The molecule has 154 valence electrons. The number of nitrogens with zero attached hydrogens (tertiary/aromatic N) is 4. The van der Waals surface area contributed by atoms with Crippen LogP contribution >= 0.6 is 11.6 Å². The van der Waals surface area contributed by atoms with Gasteiger partial charge in [-0.25, -0.2) is 4.98 Å². The van der Waals surface area contributed by atoms with Crippen molar-refractivity contribution in [3.05, 3.63) is 41.7 Å². The van der Waals surface area contributed by atoms with Crippen molar-refractivity contribution in [3.63, 3.8) is 0 Å². The fourth-order valence-corrected chi connectivity index (χ4v) is 3.97. The van der Waals surface area contributed by atoms with Crippen molar-refractivity contribution < 1.29 is 14.6 Å². The van der Waals surface area contributed by atoms with Gasteiger partial charge in [0, 0.05) is 68.5 Å². The highest BCUT2D eigenvalue weighted by Crippen LogP contribution is 2.38. The number of hydrogen-bond donors (Lipinski definition) is 1. The number of halogens is 1. The van der Waals surface area contributed by atoms with Gasteiger partial charge in [0.15, 0.2) is 0 Å². The number of aliphatic hydroxyl groups is 1. The molecule has 3 heterocycles. The van der Waals surface area contributed by atoms with Crippen LogP contribution < -0.4 is 14.4 Å². The van der Waals surface area contributed by atoms with Gasteiger partial charge in [-0.1, -0.05) is 11.6 Å². The molecule has 7 nitrogen and oxygen atoms in total. The van der Waals surface area contributed by atoms with Crippen molar-refractivity contribution in [1.29, 1.82) is 0 Å². The van der Waals surface area contributed by atoms with E-state index >= 15 is 0 Å². The summed E-state index contributed by atoms with van der Waals surface area (Å²) in [5.41, 5.74) is 3.62. The average Bonchev–Trinajstić information content (AvgIpc) is 3.17. The predicted octanol–water partition coefficient (Wildman–Crippen LogP) is 2.79. The zero-order valence-corrected chi connectivity index (χ0v) is 17.4. The first kappa shape index (κ1) is 19.8. The first-order valence-electron chi connectivity index (χ1n) is 9.61. The molecule has 1 aliphatic rings. The van der Waals surface area contributed by atoms with Crippen LogP contribution in [0.1, 0.15) is 0 Å². The molecule has 0 aliphatic carbocycles. The molecule has 0 spiro atoms. The van der Waals surface area contributed by atoms with Gasteiger partial charge in [0.2, 0.25) is 0 Å². The molecule has 0 bridgehead atoms. The Labute approximate surface area is 175 Å². The molecule has 1 aromatic carbocycles. The fraction of sp³-hybridized carbons (Fsp3) is 0.381. The number of rotatable bonds is 6. The van der Waals surface area contributed by atoms with Crippen molar-refractivity contribution >= 4 is 22.9 Å². The predicted molar refractivity (Wildman–Crippen MR) is 114 cm³/mol. The Kier molecular flexibility index (Phi) is 5.80. The van der Waals surface area contributed by atoms with Gasteiger partial charge in [0.1, 0.15) is 17.1 Å². The van der Waals surface area contributed by atoms with E-state index in [2.05, 4.69) is 21.9 Å². The largest absolute Gasteiger partial charge is 0.496 e. The molecule has 1 N–H and O–H groups in total. The molecule has 4 rings (SSSR count). The van der Waals surface area contributed by atoms with E-state index in [0.29, 0.717) is 16.5 Å². The van der Waals surface area contributed by atoms with E-state index in [1.54, 1.807) is 20.3 Å². The summed E-state index contributed by atoms with van der Waals surface area (Å²) < 4.78 is 12.8. The number of anilines is 1. The zero-order valence-electron chi connectivity index (χ0n) is 16.6. The van der Waals surface area contributed by atoms with Gasteiger partial charge in [-0.2, -0.15) is 0 Å². The Bertz CT molecular complexity index is 999. The molecule has 1 saturated heterocycles. The molecule has 0 unspecified atom stereocenters. The molecule has 0 saturated carbocycles. The lowest BCUT2D eigenvalue weighted by atomic mass is 10.1. The molecule has 3 aromatic rings. The summed E-state index contributed by atoms with van der Waals surface area (Å²) in [4.78, 5) is 9.44. The zero-order chi connectivity index (χ0) is 20.4. The topological polar surface area (TPSA) is 62.5 Å². The van der Waals surface area contributed by atoms with Crippen LogP contribution in [0.3, 0.4) is 0 Å². The second-order valence-corrected chi connectivity index (χ2v) is 7.42. The second-order valence-electron chi connectivity index (χ2n) is 7.02. The van der Waals surface area contributed by atoms with Crippen LogP contribution in [0, 0.1) is 0 Å². The third kappa shape index (κ3) is 3.99. The number of β-amino-alcohol motifs (C(OH)–C–C–N with tert-alkyl or cyclic N) is 1. The number of methoxy groups -OCH3 is 2. The minimum Gasteiger partial charge on any atom is -0.496 e. The van der Waals surface area contributed by atoms with Crippen LogP contribution in [-0.4, -0.2) is 72.9 Å². The lowest BCUT2D eigenvalue weighted by Crippen LogP contribution is -2.47. The Morgan fingerprint density at radius 3 is 2.52 bits per heavy atom. The number of pyridine rings is 1. The van der Waals surface area contributed by atoms with Crippen LogP contribution in [0.5, 0.6) is 11.5 Å². The SMILES string of the molecule is COc1cc(OC)c(-c2cn3ccc(N4CCN(CCO)CC4)cc3n2)cc1Cl. The molecule has 0 amide bonds. The molecule has 1 fully saturated rings. The smallest absolute Gasteiger partial charge is 0.141 e. The normalized spacial score (nSPS) is 15.1. The van der Waals surface area contributed by atoms with Crippen molar-refractivity contribution in [2.75, 3.05) is 58.5 Å². The van der Waals surface area contributed by atoms with Crippen LogP contribution in [0.2, 0.25) is 5.02 Å². The van der Waals surface area contributed by atoms with Gasteiger partial charge in [-0.05, 0) is 12.1 Å². The summed E-state index contributed by atoms with van der Waals surface area (Å²) in [5.74, 6) is 1.23. The van der Waals surface area contributed by atoms with Crippen LogP contribution in [-0.2, 0) is 0 Å². The summed E-state index contributed by atoms with van der Waals surface area (Å²) in [6.07, 6.45) is 4.00. The van der Waals surface area contributed by atoms with Crippen LogP contribution in [0.25, 0.3) is 16.9 Å². The molecule has 8 heteroatoms. The van der Waals surface area contributed by atoms with Gasteiger partial charge in [0.05, 0.1) is 31.5 Å². The third-order valence-corrected chi connectivity index (χ3v) is 5.64. The number of aromatic nitrogens is 2. The molecule has 0 atom stereocenters. The lowest BCUT2D eigenvalue weighted by Gasteiger charge is -2.35. The van der Waals surface area contributed by atoms with Crippen molar-refractivity contribution in [2.24, 2.45) is 0 Å². The van der Waals surface area contributed by atoms with Crippen molar-refractivity contribution in [2.45, 2.75) is 0 Å². The highest BCUT2D eigenvalue weighted by atomic mass is 35.5. The highest BCUT2D eigenvalue weighted by Gasteiger charge is 2.18. The molecule has 2 aromatic heterocycles. The summed E-state index contributed by atoms with van der Waals surface area (Å²) >= 11 is 6.33. The van der Waals surface area contributed by atoms with E-state index in [9.17, 15) is 0 Å². The maximum atomic E-state index is 9.11. The van der Waals surface area contributed by atoms with Crippen molar-refractivity contribution in [1.82, 2.24) is 14.3 Å². The van der Waals surface area contributed by atoms with E-state index in [-0.39, 0.29) is 6.61 Å². The minimum atomic E-state index is 0.210. The Morgan fingerprint density at radius 1 is 1.07 bits per heavy atom. The number of aliphatic hydroxyl groups excluding tert-OH is 1. The number of benzene rings is 1. The summed E-state index contributed by atoms with van der Waals surface area (Å²) in [6.45, 7) is 4.72. The first-order chi connectivity index (χ1) is 14.1. The molecule has 29 heavy (non-hydrogen) atoms. The van der Waals surface area contributed by atoms with Crippen LogP contribution in [0.15, 0.2) is 36.7 Å².